The highest BCUT2D eigenvalue weighted by Crippen LogP contribution is 2.15. The van der Waals surface area contributed by atoms with Crippen LogP contribution < -0.4 is 0 Å². The van der Waals surface area contributed by atoms with Crippen LogP contribution in [-0.4, -0.2) is 0 Å². The Kier molecular flexibility index (Phi) is 2.10. The molecule has 1 rings (SSSR count). The highest BCUT2D eigenvalue weighted by Gasteiger charge is 1.96. The van der Waals surface area contributed by atoms with Crippen molar-refractivity contribution in [2.45, 2.75) is 33.1 Å². The van der Waals surface area contributed by atoms with Crippen LogP contribution in [0.1, 0.15) is 33.1 Å². The third-order valence-electron chi connectivity index (χ3n) is 1.81. The number of hydrogen-bond acceptors (Lipinski definition) is 0. The van der Waals surface area contributed by atoms with E-state index >= 15 is 0 Å². The summed E-state index contributed by atoms with van der Waals surface area (Å²) in [6, 6.07) is 0. The SMILES string of the molecule is CC1=[C]CCCC=C1C. The zero-order chi connectivity index (χ0) is 6.69. The minimum atomic E-state index is 1.14. The molecule has 0 amide bonds. The van der Waals surface area contributed by atoms with Gasteiger partial charge in [0.2, 0.25) is 0 Å². The van der Waals surface area contributed by atoms with Crippen LogP contribution in [0.15, 0.2) is 17.2 Å². The zero-order valence-electron chi connectivity index (χ0n) is 6.20. The van der Waals surface area contributed by atoms with E-state index in [-0.39, 0.29) is 0 Å². The molecule has 0 saturated heterocycles. The van der Waals surface area contributed by atoms with Gasteiger partial charge in [-0.05, 0) is 44.8 Å². The van der Waals surface area contributed by atoms with Crippen LogP contribution >= 0.6 is 0 Å². The molecule has 1 aliphatic carbocycles. The Bertz CT molecular complexity index is 131. The van der Waals surface area contributed by atoms with Gasteiger partial charge < -0.3 is 0 Å². The summed E-state index contributed by atoms with van der Waals surface area (Å²) in [6.07, 6.45) is 9.29. The Labute approximate surface area is 57.3 Å². The van der Waals surface area contributed by atoms with Gasteiger partial charge in [0.05, 0.1) is 0 Å². The van der Waals surface area contributed by atoms with Gasteiger partial charge in [0.25, 0.3) is 0 Å². The van der Waals surface area contributed by atoms with Crippen molar-refractivity contribution in [2.24, 2.45) is 0 Å². The van der Waals surface area contributed by atoms with E-state index in [1.165, 1.54) is 24.0 Å². The van der Waals surface area contributed by atoms with Crippen LogP contribution in [0.25, 0.3) is 0 Å². The van der Waals surface area contributed by atoms with Gasteiger partial charge in [0.15, 0.2) is 0 Å². The molecule has 0 saturated carbocycles. The van der Waals surface area contributed by atoms with Gasteiger partial charge in [-0.1, -0.05) is 11.6 Å². The van der Waals surface area contributed by atoms with Gasteiger partial charge in [0.1, 0.15) is 0 Å². The maximum Gasteiger partial charge on any atom is -0.0270 e. The summed E-state index contributed by atoms with van der Waals surface area (Å²) in [5.41, 5.74) is 2.75. The van der Waals surface area contributed by atoms with Crippen molar-refractivity contribution in [3.63, 3.8) is 0 Å². The lowest BCUT2D eigenvalue weighted by molar-refractivity contribution is 0.860. The predicted octanol–water partition coefficient (Wildman–Crippen LogP) is 2.87. The molecule has 0 bridgehead atoms. The molecule has 0 N–H and O–H groups in total. The fraction of sp³-hybridized carbons (Fsp3) is 0.556. The van der Waals surface area contributed by atoms with Crippen molar-refractivity contribution in [1.82, 2.24) is 0 Å². The van der Waals surface area contributed by atoms with Crippen LogP contribution in [0.4, 0.5) is 0 Å². The maximum atomic E-state index is 3.34. The van der Waals surface area contributed by atoms with Crippen LogP contribution in [0.3, 0.4) is 0 Å². The van der Waals surface area contributed by atoms with Crippen molar-refractivity contribution in [3.05, 3.63) is 23.3 Å². The Hall–Kier alpha value is -0.520. The first kappa shape index (κ1) is 6.60. The molecule has 0 heterocycles. The summed E-state index contributed by atoms with van der Waals surface area (Å²) < 4.78 is 0. The molecular formula is C9H13. The minimum Gasteiger partial charge on any atom is -0.0813 e. The van der Waals surface area contributed by atoms with Gasteiger partial charge in [-0.25, -0.2) is 0 Å². The van der Waals surface area contributed by atoms with Crippen molar-refractivity contribution >= 4 is 0 Å². The van der Waals surface area contributed by atoms with Crippen LogP contribution in [0, 0.1) is 6.08 Å². The smallest absolute Gasteiger partial charge is 0.0270 e. The van der Waals surface area contributed by atoms with Crippen molar-refractivity contribution < 1.29 is 0 Å². The molecule has 1 radical (unpaired) electrons. The van der Waals surface area contributed by atoms with E-state index in [0.29, 0.717) is 0 Å². The average Bonchev–Trinajstić information content (AvgIpc) is 1.99. The third-order valence-corrected chi connectivity index (χ3v) is 1.81. The molecule has 49 valence electrons. The van der Waals surface area contributed by atoms with Gasteiger partial charge in [0, 0.05) is 0 Å². The van der Waals surface area contributed by atoms with E-state index in [2.05, 4.69) is 26.0 Å². The number of hydrogen-bond donors (Lipinski definition) is 0. The fourth-order valence-electron chi connectivity index (χ4n) is 0.989. The van der Waals surface area contributed by atoms with E-state index < -0.39 is 0 Å². The average molecular weight is 121 g/mol. The van der Waals surface area contributed by atoms with E-state index in [1.807, 2.05) is 0 Å². The Balaban J connectivity index is 2.71. The second-order valence-electron chi connectivity index (χ2n) is 2.58. The largest absolute Gasteiger partial charge is 0.0813 e. The van der Waals surface area contributed by atoms with E-state index in [0.717, 1.165) is 6.42 Å². The molecule has 0 heteroatoms. The monoisotopic (exact) mass is 121 g/mol. The molecule has 0 unspecified atom stereocenters. The molecular weight excluding hydrogens is 108 g/mol. The molecule has 0 spiro atoms. The molecule has 9 heavy (non-hydrogen) atoms. The predicted molar refractivity (Wildman–Crippen MR) is 40.0 cm³/mol. The molecule has 0 nitrogen and oxygen atoms in total. The molecule has 0 fully saturated rings. The number of allylic oxidation sites excluding steroid dienone is 4. The van der Waals surface area contributed by atoms with Crippen molar-refractivity contribution in [3.8, 4) is 0 Å². The van der Waals surface area contributed by atoms with Crippen LogP contribution in [-0.2, 0) is 0 Å². The van der Waals surface area contributed by atoms with E-state index in [4.69, 9.17) is 0 Å². The lowest BCUT2D eigenvalue weighted by Gasteiger charge is -1.94. The molecule has 0 aromatic carbocycles. The third kappa shape index (κ3) is 1.70. The molecule has 0 aliphatic heterocycles. The second kappa shape index (κ2) is 2.86. The Morgan fingerprint density at radius 3 is 3.00 bits per heavy atom. The summed E-state index contributed by atoms with van der Waals surface area (Å²) in [5.74, 6) is 0. The summed E-state index contributed by atoms with van der Waals surface area (Å²) in [4.78, 5) is 0. The fourth-order valence-corrected chi connectivity index (χ4v) is 0.989. The van der Waals surface area contributed by atoms with Crippen LogP contribution in [0.2, 0.25) is 0 Å². The molecule has 0 aromatic rings. The number of rotatable bonds is 0. The first-order chi connectivity index (χ1) is 4.30. The standard InChI is InChI=1S/C9H13/c1-8-6-4-3-5-7-9(8)2/h6H,3-5H2,1-2H3. The van der Waals surface area contributed by atoms with Crippen molar-refractivity contribution in [1.29, 1.82) is 0 Å². The highest BCUT2D eigenvalue weighted by molar-refractivity contribution is 5.25. The first-order valence-corrected chi connectivity index (χ1v) is 3.55. The van der Waals surface area contributed by atoms with Crippen molar-refractivity contribution in [2.75, 3.05) is 0 Å². The highest BCUT2D eigenvalue weighted by atomic mass is 14.0. The minimum absolute atomic E-state index is 1.14. The quantitative estimate of drug-likeness (QED) is 0.462. The lowest BCUT2D eigenvalue weighted by atomic mass is 10.1. The summed E-state index contributed by atoms with van der Waals surface area (Å²) in [5, 5.41) is 0. The van der Waals surface area contributed by atoms with E-state index in [1.54, 1.807) is 0 Å². The van der Waals surface area contributed by atoms with Gasteiger partial charge >= 0.3 is 0 Å². The Morgan fingerprint density at radius 2 is 2.22 bits per heavy atom. The topological polar surface area (TPSA) is 0 Å². The molecule has 1 aliphatic rings. The summed E-state index contributed by atoms with van der Waals surface area (Å²) >= 11 is 0. The normalized spacial score (nSPS) is 20.2. The molecule has 0 aromatic heterocycles. The summed E-state index contributed by atoms with van der Waals surface area (Å²) in [6.45, 7) is 4.30. The van der Waals surface area contributed by atoms with Gasteiger partial charge in [-0.15, -0.1) is 0 Å². The molecule has 0 atom stereocenters. The Morgan fingerprint density at radius 1 is 1.44 bits per heavy atom. The van der Waals surface area contributed by atoms with Crippen LogP contribution in [0.5, 0.6) is 0 Å². The maximum absolute atomic E-state index is 3.34. The summed E-state index contributed by atoms with van der Waals surface area (Å²) in [7, 11) is 0. The van der Waals surface area contributed by atoms with E-state index in [9.17, 15) is 0 Å². The van der Waals surface area contributed by atoms with Gasteiger partial charge in [-0.3, -0.25) is 0 Å². The zero-order valence-corrected chi connectivity index (χ0v) is 6.20. The lowest BCUT2D eigenvalue weighted by Crippen LogP contribution is -1.75. The first-order valence-electron chi connectivity index (χ1n) is 3.55. The van der Waals surface area contributed by atoms with Gasteiger partial charge in [-0.2, -0.15) is 0 Å². The second-order valence-corrected chi connectivity index (χ2v) is 2.58.